The SMILES string of the molecule is CCn1c(-c2cccc(-c3ccc4cc5c(cc4c3)C3(c4ccccc4-c4ccccc43)c3c-5c4ccccc4c4ccccc34)c2)nc2ccccc21. The van der Waals surface area contributed by atoms with Gasteiger partial charge in [0.2, 0.25) is 0 Å². The molecule has 2 heteroatoms. The molecular weight excluding hydrogens is 653 g/mol. The summed E-state index contributed by atoms with van der Waals surface area (Å²) in [4.78, 5) is 5.08. The van der Waals surface area contributed by atoms with Crippen LogP contribution in [0, 0.1) is 0 Å². The average Bonchev–Trinajstić information content (AvgIpc) is 3.87. The van der Waals surface area contributed by atoms with Crippen molar-refractivity contribution in [3.63, 3.8) is 0 Å². The smallest absolute Gasteiger partial charge is 0.141 e. The van der Waals surface area contributed by atoms with E-state index < -0.39 is 5.41 Å². The molecule has 2 nitrogen and oxygen atoms in total. The molecule has 0 aliphatic heterocycles. The Balaban J connectivity index is 1.14. The number of aryl methyl sites for hydroxylation is 1. The van der Waals surface area contributed by atoms with E-state index in [-0.39, 0.29) is 0 Å². The number of hydrogen-bond donors (Lipinski definition) is 0. The van der Waals surface area contributed by atoms with Gasteiger partial charge in [-0.3, -0.25) is 0 Å². The predicted octanol–water partition coefficient (Wildman–Crippen LogP) is 13.2. The summed E-state index contributed by atoms with van der Waals surface area (Å²) < 4.78 is 2.32. The maximum absolute atomic E-state index is 5.08. The van der Waals surface area contributed by atoms with E-state index in [9.17, 15) is 0 Å². The molecule has 0 saturated carbocycles. The van der Waals surface area contributed by atoms with Crippen molar-refractivity contribution in [3.8, 4) is 44.8 Å². The lowest BCUT2D eigenvalue weighted by molar-refractivity contribution is 0.796. The van der Waals surface area contributed by atoms with Gasteiger partial charge in [0.1, 0.15) is 5.82 Å². The Bertz CT molecular complexity index is 3170. The first-order valence-corrected chi connectivity index (χ1v) is 19.0. The number of imidazole rings is 1. The first-order valence-electron chi connectivity index (χ1n) is 19.0. The first-order chi connectivity index (χ1) is 26.7. The molecule has 0 unspecified atom stereocenters. The summed E-state index contributed by atoms with van der Waals surface area (Å²) in [6.45, 7) is 3.06. The topological polar surface area (TPSA) is 17.8 Å². The van der Waals surface area contributed by atoms with Gasteiger partial charge in [-0.1, -0.05) is 140 Å². The molecule has 0 N–H and O–H groups in total. The van der Waals surface area contributed by atoms with Gasteiger partial charge in [-0.2, -0.15) is 0 Å². The van der Waals surface area contributed by atoms with Crippen LogP contribution in [-0.4, -0.2) is 9.55 Å². The highest BCUT2D eigenvalue weighted by molar-refractivity contribution is 6.20. The van der Waals surface area contributed by atoms with E-state index in [1.165, 1.54) is 93.5 Å². The molecule has 1 heterocycles. The number of fused-ring (bicyclic) bond motifs is 17. The zero-order valence-corrected chi connectivity index (χ0v) is 29.8. The van der Waals surface area contributed by atoms with Crippen molar-refractivity contribution in [2.45, 2.75) is 18.9 Å². The van der Waals surface area contributed by atoms with Crippen molar-refractivity contribution < 1.29 is 0 Å². The highest BCUT2D eigenvalue weighted by Gasteiger charge is 2.53. The molecule has 1 spiro atoms. The summed E-state index contributed by atoms with van der Waals surface area (Å²) >= 11 is 0. The molecule has 0 saturated heterocycles. The van der Waals surface area contributed by atoms with Crippen LogP contribution in [0.15, 0.2) is 176 Å². The zero-order chi connectivity index (χ0) is 35.5. The second-order valence-corrected chi connectivity index (χ2v) is 14.9. The standard InChI is InChI=1S/C52H34N2/c1-2-54-48-25-12-11-24-47(48)53-51(54)35-15-13-14-32(28-35)33-26-27-34-30-43-46(31-36(34)29-33)52(44-22-9-7-18-39(44)40-19-8-10-23-45(40)52)50-42-21-6-4-17-38(42)37-16-3-5-20-41(37)49(43)50/h3-31H,2H2,1H3. The third-order valence-corrected chi connectivity index (χ3v) is 12.3. The van der Waals surface area contributed by atoms with Crippen molar-refractivity contribution in [1.82, 2.24) is 9.55 Å². The molecule has 0 amide bonds. The average molecular weight is 687 g/mol. The lowest BCUT2D eigenvalue weighted by Gasteiger charge is -2.32. The Kier molecular flexibility index (Phi) is 6.00. The molecule has 0 bridgehead atoms. The van der Waals surface area contributed by atoms with Gasteiger partial charge in [-0.05, 0) is 131 Å². The summed E-state index contributed by atoms with van der Waals surface area (Å²) in [6.07, 6.45) is 0. The van der Waals surface area contributed by atoms with E-state index in [1.807, 2.05) is 0 Å². The van der Waals surface area contributed by atoms with Gasteiger partial charge >= 0.3 is 0 Å². The maximum atomic E-state index is 5.08. The second kappa shape index (κ2) is 10.9. The van der Waals surface area contributed by atoms with Crippen LogP contribution in [0.1, 0.15) is 29.2 Å². The quantitative estimate of drug-likeness (QED) is 0.169. The summed E-state index contributed by atoms with van der Waals surface area (Å²) in [7, 11) is 0. The molecule has 1 aromatic heterocycles. The van der Waals surface area contributed by atoms with Crippen LogP contribution in [-0.2, 0) is 12.0 Å². The Labute approximate surface area is 313 Å². The molecule has 12 rings (SSSR count). The van der Waals surface area contributed by atoms with Crippen molar-refractivity contribution in [2.75, 3.05) is 0 Å². The van der Waals surface area contributed by atoms with E-state index in [2.05, 4.69) is 187 Å². The molecule has 2 aliphatic rings. The van der Waals surface area contributed by atoms with Gasteiger partial charge in [0.25, 0.3) is 0 Å². The summed E-state index contributed by atoms with van der Waals surface area (Å²) in [5.41, 5.74) is 16.1. The number of aromatic nitrogens is 2. The fourth-order valence-corrected chi connectivity index (χ4v) is 10.2. The van der Waals surface area contributed by atoms with Crippen LogP contribution < -0.4 is 0 Å². The summed E-state index contributed by atoms with van der Waals surface area (Å²) in [5.74, 6) is 1.01. The number of rotatable bonds is 3. The maximum Gasteiger partial charge on any atom is 0.141 e. The normalized spacial score (nSPS) is 13.5. The third-order valence-electron chi connectivity index (χ3n) is 12.3. The Morgan fingerprint density at radius 1 is 0.463 bits per heavy atom. The van der Waals surface area contributed by atoms with Crippen molar-refractivity contribution in [1.29, 1.82) is 0 Å². The highest BCUT2D eigenvalue weighted by Crippen LogP contribution is 2.65. The molecule has 0 radical (unpaired) electrons. The molecular formula is C52H34N2. The molecule has 9 aromatic carbocycles. The van der Waals surface area contributed by atoms with Crippen LogP contribution in [0.4, 0.5) is 0 Å². The van der Waals surface area contributed by atoms with Gasteiger partial charge in [0.05, 0.1) is 16.4 Å². The molecule has 0 atom stereocenters. The molecule has 252 valence electrons. The zero-order valence-electron chi connectivity index (χ0n) is 29.8. The van der Waals surface area contributed by atoms with Gasteiger partial charge in [0.15, 0.2) is 0 Å². The summed E-state index contributed by atoms with van der Waals surface area (Å²) in [5, 5.41) is 7.76. The van der Waals surface area contributed by atoms with Crippen LogP contribution >= 0.6 is 0 Å². The van der Waals surface area contributed by atoms with Crippen LogP contribution in [0.5, 0.6) is 0 Å². The van der Waals surface area contributed by atoms with Gasteiger partial charge in [0, 0.05) is 12.1 Å². The van der Waals surface area contributed by atoms with Gasteiger partial charge in [-0.25, -0.2) is 4.98 Å². The third kappa shape index (κ3) is 3.77. The van der Waals surface area contributed by atoms with Crippen LogP contribution in [0.2, 0.25) is 0 Å². The van der Waals surface area contributed by atoms with Crippen molar-refractivity contribution in [3.05, 3.63) is 198 Å². The Hall–Kier alpha value is -6.77. The first kappa shape index (κ1) is 29.8. The van der Waals surface area contributed by atoms with E-state index in [0.717, 1.165) is 23.4 Å². The second-order valence-electron chi connectivity index (χ2n) is 14.9. The van der Waals surface area contributed by atoms with E-state index in [0.29, 0.717) is 0 Å². The highest BCUT2D eigenvalue weighted by atomic mass is 15.1. The fourth-order valence-electron chi connectivity index (χ4n) is 10.2. The molecule has 2 aliphatic carbocycles. The molecule has 54 heavy (non-hydrogen) atoms. The van der Waals surface area contributed by atoms with E-state index >= 15 is 0 Å². The van der Waals surface area contributed by atoms with E-state index in [1.54, 1.807) is 0 Å². The molecule has 0 fully saturated rings. The minimum absolute atomic E-state index is 0.454. The van der Waals surface area contributed by atoms with Crippen LogP contribution in [0.3, 0.4) is 0 Å². The minimum atomic E-state index is -0.454. The predicted molar refractivity (Wildman–Crippen MR) is 225 cm³/mol. The van der Waals surface area contributed by atoms with Gasteiger partial charge in [-0.15, -0.1) is 0 Å². The largest absolute Gasteiger partial charge is 0.324 e. The summed E-state index contributed by atoms with van der Waals surface area (Å²) in [6, 6.07) is 65.7. The van der Waals surface area contributed by atoms with Crippen LogP contribution in [0.25, 0.3) is 88.1 Å². The lowest BCUT2D eigenvalue weighted by Crippen LogP contribution is -2.26. The fraction of sp³-hybridized carbons (Fsp3) is 0.0577. The number of nitrogens with zero attached hydrogens (tertiary/aromatic N) is 2. The Morgan fingerprint density at radius 3 is 1.87 bits per heavy atom. The number of para-hydroxylation sites is 2. The van der Waals surface area contributed by atoms with Crippen molar-refractivity contribution in [2.24, 2.45) is 0 Å². The lowest BCUT2D eigenvalue weighted by atomic mass is 9.69. The van der Waals surface area contributed by atoms with E-state index in [4.69, 9.17) is 4.98 Å². The number of hydrogen-bond acceptors (Lipinski definition) is 1. The minimum Gasteiger partial charge on any atom is -0.324 e. The van der Waals surface area contributed by atoms with Gasteiger partial charge < -0.3 is 4.57 Å². The monoisotopic (exact) mass is 686 g/mol. The van der Waals surface area contributed by atoms with Crippen molar-refractivity contribution >= 4 is 43.4 Å². The Morgan fingerprint density at radius 2 is 1.09 bits per heavy atom. The molecule has 10 aromatic rings. The number of benzene rings is 9.